The zero-order chi connectivity index (χ0) is 15.4. The maximum atomic E-state index is 12.7. The molecule has 1 saturated heterocycles. The topological polar surface area (TPSA) is 72.6 Å². The highest BCUT2D eigenvalue weighted by Crippen LogP contribution is 2.25. The quantitative estimate of drug-likeness (QED) is 0.687. The number of nitrogens with two attached hydrogens (primary N) is 1. The molecule has 1 aromatic carbocycles. The Hall–Kier alpha value is -1.75. The van der Waals surface area contributed by atoms with Crippen molar-refractivity contribution in [2.75, 3.05) is 19.4 Å². The maximum absolute atomic E-state index is 12.7. The molecule has 2 N–H and O–H groups in total. The number of nitrogen functional groups attached to an aromatic ring is 1. The molecule has 0 aliphatic carbocycles. The lowest BCUT2D eigenvalue weighted by molar-refractivity contribution is -0.142. The van der Waals surface area contributed by atoms with Crippen LogP contribution in [0.25, 0.3) is 0 Å². The van der Waals surface area contributed by atoms with E-state index in [9.17, 15) is 9.59 Å². The Balaban J connectivity index is 2.20. The number of carbonyl (C=O) groups is 2. The molecule has 114 valence electrons. The Bertz CT molecular complexity index is 548. The van der Waals surface area contributed by atoms with Crippen molar-refractivity contribution in [3.63, 3.8) is 0 Å². The van der Waals surface area contributed by atoms with Gasteiger partial charge in [-0.25, -0.2) is 0 Å². The third kappa shape index (κ3) is 3.67. The third-order valence-corrected chi connectivity index (χ3v) is 4.00. The predicted octanol–water partition coefficient (Wildman–Crippen LogP) is 2.48. The van der Waals surface area contributed by atoms with E-state index in [1.54, 1.807) is 23.1 Å². The fourth-order valence-corrected chi connectivity index (χ4v) is 2.82. The van der Waals surface area contributed by atoms with Crippen molar-refractivity contribution in [3.05, 3.63) is 28.8 Å². The van der Waals surface area contributed by atoms with Gasteiger partial charge in [0.25, 0.3) is 5.91 Å². The van der Waals surface area contributed by atoms with Gasteiger partial charge in [-0.1, -0.05) is 11.6 Å². The van der Waals surface area contributed by atoms with Crippen LogP contribution in [0.3, 0.4) is 0 Å². The van der Waals surface area contributed by atoms with E-state index in [4.69, 9.17) is 22.1 Å². The van der Waals surface area contributed by atoms with Crippen LogP contribution < -0.4 is 5.73 Å². The van der Waals surface area contributed by atoms with E-state index < -0.39 is 0 Å². The number of halogens is 1. The van der Waals surface area contributed by atoms with Gasteiger partial charge in [0.1, 0.15) is 0 Å². The van der Waals surface area contributed by atoms with Crippen LogP contribution in [-0.4, -0.2) is 36.5 Å². The van der Waals surface area contributed by atoms with Crippen LogP contribution in [0.2, 0.25) is 5.02 Å². The summed E-state index contributed by atoms with van der Waals surface area (Å²) in [4.78, 5) is 25.9. The summed E-state index contributed by atoms with van der Waals surface area (Å²) in [5, 5.41) is 0.494. The molecular weight excluding hydrogens is 292 g/mol. The fourth-order valence-electron chi connectivity index (χ4n) is 2.64. The summed E-state index contributed by atoms with van der Waals surface area (Å²) in [5.74, 6) is -0.457. The number of piperidine rings is 1. The lowest BCUT2D eigenvalue weighted by Crippen LogP contribution is -2.45. The number of esters is 1. The molecule has 1 aliphatic heterocycles. The second-order valence-electron chi connectivity index (χ2n) is 5.16. The largest absolute Gasteiger partial charge is 0.469 e. The molecule has 0 aromatic heterocycles. The molecule has 1 heterocycles. The van der Waals surface area contributed by atoms with Crippen molar-refractivity contribution in [1.29, 1.82) is 0 Å². The predicted molar refractivity (Wildman–Crippen MR) is 81.2 cm³/mol. The smallest absolute Gasteiger partial charge is 0.307 e. The molecule has 1 amide bonds. The number of carbonyl (C=O) groups excluding carboxylic acids is 2. The number of nitrogens with zero attached hydrogens (tertiary/aromatic N) is 1. The average molecular weight is 311 g/mol. The monoisotopic (exact) mass is 310 g/mol. The summed E-state index contributed by atoms with van der Waals surface area (Å²) in [6.45, 7) is 0.628. The summed E-state index contributed by atoms with van der Waals surface area (Å²) in [6.07, 6.45) is 2.95. The van der Waals surface area contributed by atoms with E-state index in [2.05, 4.69) is 0 Å². The molecule has 1 unspecified atom stereocenters. The van der Waals surface area contributed by atoms with Crippen LogP contribution >= 0.6 is 11.6 Å². The molecule has 0 bridgehead atoms. The summed E-state index contributed by atoms with van der Waals surface area (Å²) >= 11 is 5.86. The van der Waals surface area contributed by atoms with Crippen LogP contribution in [0.15, 0.2) is 18.2 Å². The molecule has 21 heavy (non-hydrogen) atoms. The van der Waals surface area contributed by atoms with Gasteiger partial charge in [0, 0.05) is 23.3 Å². The number of hydrogen-bond acceptors (Lipinski definition) is 4. The highest BCUT2D eigenvalue weighted by Gasteiger charge is 2.30. The average Bonchev–Trinajstić information content (AvgIpc) is 2.47. The van der Waals surface area contributed by atoms with E-state index in [1.807, 2.05) is 0 Å². The first kappa shape index (κ1) is 15.6. The van der Waals surface area contributed by atoms with E-state index >= 15 is 0 Å². The molecule has 0 radical (unpaired) electrons. The first-order valence-corrected chi connectivity index (χ1v) is 7.33. The summed E-state index contributed by atoms with van der Waals surface area (Å²) < 4.78 is 4.71. The van der Waals surface area contributed by atoms with E-state index in [0.29, 0.717) is 22.8 Å². The molecular formula is C15H19ClN2O3. The van der Waals surface area contributed by atoms with Crippen LogP contribution in [0.1, 0.15) is 36.0 Å². The molecule has 5 nitrogen and oxygen atoms in total. The fraction of sp³-hybridized carbons (Fsp3) is 0.467. The molecule has 1 aromatic rings. The van der Waals surface area contributed by atoms with Crippen molar-refractivity contribution in [1.82, 2.24) is 4.90 Å². The van der Waals surface area contributed by atoms with Gasteiger partial charge in [-0.2, -0.15) is 0 Å². The number of anilines is 1. The Morgan fingerprint density at radius 2 is 2.19 bits per heavy atom. The minimum Gasteiger partial charge on any atom is -0.469 e. The zero-order valence-electron chi connectivity index (χ0n) is 12.0. The molecule has 1 aliphatic rings. The van der Waals surface area contributed by atoms with Crippen molar-refractivity contribution in [2.45, 2.75) is 31.7 Å². The van der Waals surface area contributed by atoms with Gasteiger partial charge in [-0.3, -0.25) is 9.59 Å². The zero-order valence-corrected chi connectivity index (χ0v) is 12.7. The third-order valence-electron chi connectivity index (χ3n) is 3.76. The van der Waals surface area contributed by atoms with Gasteiger partial charge in [-0.15, -0.1) is 0 Å². The number of methoxy groups -OCH3 is 1. The molecule has 6 heteroatoms. The minimum atomic E-state index is -0.302. The number of hydrogen-bond donors (Lipinski definition) is 1. The van der Waals surface area contributed by atoms with Gasteiger partial charge < -0.3 is 15.4 Å². The lowest BCUT2D eigenvalue weighted by Gasteiger charge is -2.35. The molecule has 2 rings (SSSR count). The van der Waals surface area contributed by atoms with E-state index in [0.717, 1.165) is 19.3 Å². The number of amides is 1. The Morgan fingerprint density at radius 3 is 2.86 bits per heavy atom. The van der Waals surface area contributed by atoms with Gasteiger partial charge in [-0.05, 0) is 37.5 Å². The second-order valence-corrected chi connectivity index (χ2v) is 5.60. The van der Waals surface area contributed by atoms with Gasteiger partial charge in [0.2, 0.25) is 0 Å². The first-order chi connectivity index (χ1) is 10.0. The maximum Gasteiger partial charge on any atom is 0.307 e. The minimum absolute atomic E-state index is 0.131. The molecule has 1 atom stereocenters. The van der Waals surface area contributed by atoms with Crippen molar-refractivity contribution >= 4 is 29.2 Å². The highest BCUT2D eigenvalue weighted by atomic mass is 35.5. The normalized spacial score (nSPS) is 18.4. The molecule has 0 spiro atoms. The van der Waals surface area contributed by atoms with Crippen molar-refractivity contribution < 1.29 is 14.3 Å². The summed E-state index contributed by atoms with van der Waals surface area (Å²) in [7, 11) is 1.36. The standard InChI is InChI=1S/C15H19ClN2O3/c1-21-14(19)9-11-4-2-3-7-18(11)15(20)12-6-5-10(16)8-13(12)17/h5-6,8,11H,2-4,7,9,17H2,1H3. The van der Waals surface area contributed by atoms with Crippen molar-refractivity contribution in [3.8, 4) is 0 Å². The van der Waals surface area contributed by atoms with Crippen LogP contribution in [0, 0.1) is 0 Å². The Labute approximate surface area is 129 Å². The first-order valence-electron chi connectivity index (χ1n) is 6.95. The summed E-state index contributed by atoms with van der Waals surface area (Å²) in [6, 6.07) is 4.70. The van der Waals surface area contributed by atoms with E-state index in [-0.39, 0.29) is 24.3 Å². The SMILES string of the molecule is COC(=O)CC1CCCCN1C(=O)c1ccc(Cl)cc1N. The number of likely N-dealkylation sites (tertiary alicyclic amines) is 1. The van der Waals surface area contributed by atoms with Gasteiger partial charge in [0.15, 0.2) is 0 Å². The number of rotatable bonds is 3. The molecule has 0 saturated carbocycles. The molecule has 1 fully saturated rings. The second kappa shape index (κ2) is 6.80. The number of benzene rings is 1. The van der Waals surface area contributed by atoms with Crippen LogP contribution in [-0.2, 0) is 9.53 Å². The highest BCUT2D eigenvalue weighted by molar-refractivity contribution is 6.31. The van der Waals surface area contributed by atoms with Crippen LogP contribution in [0.5, 0.6) is 0 Å². The van der Waals surface area contributed by atoms with Crippen molar-refractivity contribution in [2.24, 2.45) is 0 Å². The summed E-state index contributed by atoms with van der Waals surface area (Å²) in [5.41, 5.74) is 6.66. The Morgan fingerprint density at radius 1 is 1.43 bits per heavy atom. The van der Waals surface area contributed by atoms with Crippen LogP contribution in [0.4, 0.5) is 5.69 Å². The van der Waals surface area contributed by atoms with Gasteiger partial charge in [0.05, 0.1) is 19.1 Å². The Kier molecular flexibility index (Phi) is 5.07. The lowest BCUT2D eigenvalue weighted by atomic mass is 9.98. The van der Waals surface area contributed by atoms with Gasteiger partial charge >= 0.3 is 5.97 Å². The van der Waals surface area contributed by atoms with E-state index in [1.165, 1.54) is 7.11 Å². The number of ether oxygens (including phenoxy) is 1.